The van der Waals surface area contributed by atoms with E-state index in [0.717, 1.165) is 112 Å². The zero-order valence-corrected chi connectivity index (χ0v) is 42.9. The van der Waals surface area contributed by atoms with E-state index in [1.165, 1.54) is 0 Å². The topological polar surface area (TPSA) is 225 Å². The number of nitrogens with zero attached hydrogens (tertiary/aromatic N) is 6. The molecular weight excluding hydrogens is 956 g/mol. The van der Waals surface area contributed by atoms with E-state index in [-0.39, 0.29) is 12.0 Å². The summed E-state index contributed by atoms with van der Waals surface area (Å²) in [6, 6.07) is 35.1. The number of halogens is 1. The number of hydrazine groups is 1. The molecule has 7 N–H and O–H groups in total. The first-order valence-electron chi connectivity index (χ1n) is 24.5. The van der Waals surface area contributed by atoms with Gasteiger partial charge in [-0.2, -0.15) is 0 Å². The fraction of sp³-hybridized carbons (Fsp3) is 0.286. The predicted molar refractivity (Wildman–Crippen MR) is 287 cm³/mol. The van der Waals surface area contributed by atoms with Crippen LogP contribution in [0.15, 0.2) is 139 Å². The Morgan fingerprint density at radius 1 is 0.622 bits per heavy atom. The summed E-state index contributed by atoms with van der Waals surface area (Å²) >= 11 is 6.16. The Morgan fingerprint density at radius 3 is 1.68 bits per heavy atom. The molecule has 18 heteroatoms. The van der Waals surface area contributed by atoms with Crippen molar-refractivity contribution >= 4 is 63.3 Å². The number of aliphatic imine (C=N–C) groups is 1. The van der Waals surface area contributed by atoms with Crippen molar-refractivity contribution in [1.29, 1.82) is 0 Å². The molecule has 17 nitrogen and oxygen atoms in total. The van der Waals surface area contributed by atoms with Crippen LogP contribution in [-0.4, -0.2) is 59.2 Å². The number of pyridine rings is 2. The van der Waals surface area contributed by atoms with Gasteiger partial charge in [-0.1, -0.05) is 72.3 Å². The molecule has 380 valence electrons. The summed E-state index contributed by atoms with van der Waals surface area (Å²) in [5, 5.41) is 22.6. The average molecular weight is 1020 g/mol. The van der Waals surface area contributed by atoms with Gasteiger partial charge in [-0.05, 0) is 140 Å². The minimum atomic E-state index is -0.539. The molecule has 0 atom stereocenters. The van der Waals surface area contributed by atoms with E-state index in [2.05, 4.69) is 64.0 Å². The molecule has 0 saturated heterocycles. The van der Waals surface area contributed by atoms with Gasteiger partial charge in [-0.15, -0.1) is 10.2 Å². The lowest BCUT2D eigenvalue weighted by Gasteiger charge is -2.43. The molecule has 7 aromatic rings. The lowest BCUT2D eigenvalue weighted by atomic mass is 9.72. The van der Waals surface area contributed by atoms with Gasteiger partial charge >= 0.3 is 12.2 Å². The number of nitrogens with two attached hydrogens (primary N) is 1. The molecule has 2 aliphatic heterocycles. The highest BCUT2D eigenvalue weighted by Crippen LogP contribution is 2.44. The summed E-state index contributed by atoms with van der Waals surface area (Å²) in [7, 11) is 0. The molecule has 0 bridgehead atoms. The number of alkyl carbamates (subject to hydrolysis) is 2. The van der Waals surface area contributed by atoms with Gasteiger partial charge in [0.2, 0.25) is 0 Å². The van der Waals surface area contributed by atoms with E-state index in [0.29, 0.717) is 10.7 Å². The molecule has 3 amide bonds. The lowest BCUT2D eigenvalue weighted by Crippen LogP contribution is -2.52. The SMILES string of the molecule is CC(C)(C)OC(=O)NC1(c2ccc(-c3nnc4n3-c3cnccc3Nc3ccccc3-4)cc2)CCC1.CC(C)(C)OC(=O)NC1(c2ccc(C(=O)NN)cc2)CCC1.ClC1=Nc2cnccc2Nc2ccccc21. The number of ether oxygens (including phenoxy) is 2. The van der Waals surface area contributed by atoms with Crippen LogP contribution in [0, 0.1) is 0 Å². The molecule has 4 aromatic carbocycles. The van der Waals surface area contributed by atoms with E-state index < -0.39 is 28.4 Å². The quantitative estimate of drug-likeness (QED) is 0.0520. The second-order valence-corrected chi connectivity index (χ2v) is 20.8. The number of benzene rings is 4. The molecule has 5 heterocycles. The van der Waals surface area contributed by atoms with E-state index in [1.54, 1.807) is 30.7 Å². The number of carbonyl (C=O) groups excluding carboxylic acids is 3. The number of nitrogens with one attached hydrogen (secondary N) is 5. The second kappa shape index (κ2) is 20.8. The third kappa shape index (κ3) is 11.1. The van der Waals surface area contributed by atoms with Crippen LogP contribution in [0.2, 0.25) is 0 Å². The maximum Gasteiger partial charge on any atom is 0.408 e. The number of hydrogen-bond acceptors (Lipinski definition) is 13. The number of anilines is 4. The van der Waals surface area contributed by atoms with Gasteiger partial charge in [-0.25, -0.2) is 20.4 Å². The smallest absolute Gasteiger partial charge is 0.408 e. The Labute approximate surface area is 434 Å². The van der Waals surface area contributed by atoms with Crippen LogP contribution in [0.1, 0.15) is 107 Å². The average Bonchev–Trinajstić information content (AvgIpc) is 3.66. The number of para-hydroxylation sites is 2. The maximum atomic E-state index is 12.5. The molecule has 11 rings (SSSR count). The highest BCUT2D eigenvalue weighted by molar-refractivity contribution is 6.70. The van der Waals surface area contributed by atoms with Gasteiger partial charge in [0.1, 0.15) is 22.1 Å². The van der Waals surface area contributed by atoms with Crippen molar-refractivity contribution in [3.63, 3.8) is 0 Å². The van der Waals surface area contributed by atoms with Crippen LogP contribution in [-0.2, 0) is 20.6 Å². The standard InChI is InChI=1S/C28H28N6O2.C16H23N3O3.C12H8ClN3/c1-27(2,3)36-26(35)31-28(14-6-15-28)19-11-9-18(10-12-19)24-32-33-25-20-7-4-5-8-21(20)30-22-13-16-29-17-23(22)34(24)25;1-15(2,3)22-14(21)18-16(9-4-10-16)12-7-5-11(6-8-12)13(20)19-17;13-12-8-3-1-2-4-9(8)15-10-5-6-14-7-11(10)16-12/h4-5,7-13,16-17,30H,6,14-15H2,1-3H3,(H,31,35);5-8H,4,9-10,17H2,1-3H3,(H,18,21)(H,19,20);1-7,15H. The Hall–Kier alpha value is -8.15. The number of nitrogen functional groups attached to an aromatic ring is 1. The fourth-order valence-corrected chi connectivity index (χ4v) is 9.39. The molecule has 0 unspecified atom stereocenters. The second-order valence-electron chi connectivity index (χ2n) is 20.5. The largest absolute Gasteiger partial charge is 0.444 e. The summed E-state index contributed by atoms with van der Waals surface area (Å²) in [6.45, 7) is 11.1. The molecule has 2 fully saturated rings. The van der Waals surface area contributed by atoms with E-state index in [4.69, 9.17) is 26.9 Å². The molecule has 4 aliphatic rings. The Kier molecular flexibility index (Phi) is 14.2. The summed E-state index contributed by atoms with van der Waals surface area (Å²) in [5.41, 5.74) is 11.0. The fourth-order valence-electron chi connectivity index (χ4n) is 9.13. The highest BCUT2D eigenvalue weighted by Gasteiger charge is 2.42. The van der Waals surface area contributed by atoms with Crippen molar-refractivity contribution in [2.75, 3.05) is 10.6 Å². The van der Waals surface area contributed by atoms with Crippen molar-refractivity contribution < 1.29 is 23.9 Å². The minimum Gasteiger partial charge on any atom is -0.444 e. The van der Waals surface area contributed by atoms with Crippen LogP contribution in [0.4, 0.5) is 38.0 Å². The first-order chi connectivity index (χ1) is 35.4. The summed E-state index contributed by atoms with van der Waals surface area (Å²) < 4.78 is 12.9. The van der Waals surface area contributed by atoms with Gasteiger partial charge in [-0.3, -0.25) is 24.8 Å². The first-order valence-corrected chi connectivity index (χ1v) is 24.9. The summed E-state index contributed by atoms with van der Waals surface area (Å²) in [4.78, 5) is 48.8. The van der Waals surface area contributed by atoms with Crippen molar-refractivity contribution in [2.24, 2.45) is 10.8 Å². The van der Waals surface area contributed by atoms with Crippen molar-refractivity contribution in [3.8, 4) is 28.5 Å². The molecule has 2 saturated carbocycles. The van der Waals surface area contributed by atoms with Crippen molar-refractivity contribution in [3.05, 3.63) is 156 Å². The monoisotopic (exact) mass is 1010 g/mol. The Balaban J connectivity index is 0.000000150. The van der Waals surface area contributed by atoms with Crippen LogP contribution >= 0.6 is 11.6 Å². The third-order valence-corrected chi connectivity index (χ3v) is 13.3. The predicted octanol–water partition coefficient (Wildman–Crippen LogP) is 11.6. The van der Waals surface area contributed by atoms with E-state index in [9.17, 15) is 14.4 Å². The minimum absolute atomic E-state index is 0.339. The molecule has 2 aliphatic carbocycles. The Bertz CT molecular complexity index is 3230. The van der Waals surface area contributed by atoms with Gasteiger partial charge in [0.05, 0.1) is 40.5 Å². The highest BCUT2D eigenvalue weighted by atomic mass is 35.5. The van der Waals surface area contributed by atoms with Crippen LogP contribution in [0.3, 0.4) is 0 Å². The lowest BCUT2D eigenvalue weighted by molar-refractivity contribution is 0.0365. The van der Waals surface area contributed by atoms with Gasteiger partial charge in [0, 0.05) is 46.0 Å². The third-order valence-electron chi connectivity index (χ3n) is 13.0. The molecule has 74 heavy (non-hydrogen) atoms. The first kappa shape index (κ1) is 50.8. The van der Waals surface area contributed by atoms with E-state index in [1.807, 2.05) is 137 Å². The van der Waals surface area contributed by atoms with Crippen LogP contribution in [0.5, 0.6) is 0 Å². The van der Waals surface area contributed by atoms with Crippen LogP contribution < -0.4 is 32.5 Å². The Morgan fingerprint density at radius 2 is 1.12 bits per heavy atom. The summed E-state index contributed by atoms with van der Waals surface area (Å²) in [5.74, 6) is 6.26. The van der Waals surface area contributed by atoms with Gasteiger partial charge in [0.25, 0.3) is 5.91 Å². The number of hydrogen-bond donors (Lipinski definition) is 6. The van der Waals surface area contributed by atoms with E-state index >= 15 is 0 Å². The molecular formula is C56H59ClN12O5. The zero-order chi connectivity index (χ0) is 52.3. The normalized spacial score (nSPS) is 15.1. The van der Waals surface area contributed by atoms with Crippen molar-refractivity contribution in [1.82, 2.24) is 40.8 Å². The number of aromatic nitrogens is 5. The zero-order valence-electron chi connectivity index (χ0n) is 42.1. The van der Waals surface area contributed by atoms with Crippen LogP contribution in [0.25, 0.3) is 28.5 Å². The maximum absolute atomic E-state index is 12.5. The number of carbonyl (C=O) groups is 3. The number of fused-ring (bicyclic) bond motifs is 7. The van der Waals surface area contributed by atoms with Crippen molar-refractivity contribution in [2.45, 2.75) is 102 Å². The summed E-state index contributed by atoms with van der Waals surface area (Å²) in [6.07, 6.45) is 11.8. The molecule has 0 radical (unpaired) electrons. The van der Waals surface area contributed by atoms with Gasteiger partial charge in [0.15, 0.2) is 11.6 Å². The molecule has 3 aromatic heterocycles. The van der Waals surface area contributed by atoms with Gasteiger partial charge < -0.3 is 30.7 Å². The number of rotatable bonds is 6. The number of amides is 3. The molecule has 0 spiro atoms.